The van der Waals surface area contributed by atoms with Crippen molar-refractivity contribution in [3.05, 3.63) is 0 Å². The molecule has 0 aromatic rings. The number of carboxylic acids is 1. The molecule has 132 valence electrons. The van der Waals surface area contributed by atoms with E-state index in [9.17, 15) is 14.7 Å². The van der Waals surface area contributed by atoms with Crippen molar-refractivity contribution in [3.63, 3.8) is 0 Å². The molecule has 3 atom stereocenters. The molecule has 1 aliphatic carbocycles. The van der Waals surface area contributed by atoms with E-state index in [4.69, 9.17) is 0 Å². The number of nitrogens with zero attached hydrogens (tertiary/aromatic N) is 2. The lowest BCUT2D eigenvalue weighted by Crippen LogP contribution is -2.47. The Kier molecular flexibility index (Phi) is 5.89. The zero-order valence-electron chi connectivity index (χ0n) is 14.7. The number of nitrogens with one attached hydrogen (secondary N) is 1. The van der Waals surface area contributed by atoms with E-state index in [0.717, 1.165) is 38.8 Å². The smallest absolute Gasteiger partial charge is 0.317 e. The highest BCUT2D eigenvalue weighted by Gasteiger charge is 2.55. The molecule has 0 aromatic carbocycles. The number of rotatable bonds is 7. The van der Waals surface area contributed by atoms with E-state index < -0.39 is 11.4 Å². The van der Waals surface area contributed by atoms with Gasteiger partial charge in [0.05, 0.1) is 5.41 Å². The second-order valence-electron chi connectivity index (χ2n) is 7.40. The molecule has 23 heavy (non-hydrogen) atoms. The van der Waals surface area contributed by atoms with Crippen LogP contribution in [0.15, 0.2) is 0 Å². The van der Waals surface area contributed by atoms with Crippen molar-refractivity contribution in [2.75, 3.05) is 33.2 Å². The molecule has 2 fully saturated rings. The minimum absolute atomic E-state index is 0.0607. The highest BCUT2D eigenvalue weighted by atomic mass is 16.4. The summed E-state index contributed by atoms with van der Waals surface area (Å²) in [5.41, 5.74) is -0.696. The van der Waals surface area contributed by atoms with E-state index in [1.54, 1.807) is 4.90 Å². The molecule has 2 rings (SSSR count). The number of unbranched alkanes of at least 4 members (excludes halogenated alkanes) is 1. The summed E-state index contributed by atoms with van der Waals surface area (Å²) >= 11 is 0. The summed E-state index contributed by atoms with van der Waals surface area (Å²) in [6, 6.07) is -0.0537. The molecule has 1 aliphatic heterocycles. The first kappa shape index (κ1) is 18.0. The molecule has 0 radical (unpaired) electrons. The number of hydrogen-bond acceptors (Lipinski definition) is 3. The maximum atomic E-state index is 12.5. The van der Waals surface area contributed by atoms with Crippen LogP contribution in [0.1, 0.15) is 46.0 Å². The van der Waals surface area contributed by atoms with Crippen LogP contribution < -0.4 is 5.32 Å². The lowest BCUT2D eigenvalue weighted by Gasteiger charge is -2.26. The molecule has 6 heteroatoms. The number of likely N-dealkylation sites (tertiary alicyclic amines) is 1. The van der Waals surface area contributed by atoms with Crippen LogP contribution in [0.25, 0.3) is 0 Å². The van der Waals surface area contributed by atoms with E-state index in [-0.39, 0.29) is 18.0 Å². The Hall–Kier alpha value is -1.30. The van der Waals surface area contributed by atoms with E-state index in [0.29, 0.717) is 19.5 Å². The molecular weight excluding hydrogens is 294 g/mol. The van der Waals surface area contributed by atoms with Crippen LogP contribution in [0, 0.1) is 11.3 Å². The highest BCUT2D eigenvalue weighted by molar-refractivity contribution is 5.80. The summed E-state index contributed by atoms with van der Waals surface area (Å²) in [7, 11) is 2.07. The number of carboxylic acid groups (broad SMARTS) is 1. The number of carbonyl (C=O) groups excluding carboxylic acids is 1. The van der Waals surface area contributed by atoms with Gasteiger partial charge in [0, 0.05) is 25.7 Å². The second-order valence-corrected chi connectivity index (χ2v) is 7.40. The zero-order valence-corrected chi connectivity index (χ0v) is 14.7. The number of carbonyl (C=O) groups is 2. The maximum absolute atomic E-state index is 12.5. The van der Waals surface area contributed by atoms with Gasteiger partial charge in [0.15, 0.2) is 0 Å². The van der Waals surface area contributed by atoms with Crippen LogP contribution in [0.4, 0.5) is 4.79 Å². The molecule has 2 N–H and O–H groups in total. The first-order valence-electron chi connectivity index (χ1n) is 8.86. The van der Waals surface area contributed by atoms with Gasteiger partial charge < -0.3 is 20.2 Å². The molecule has 1 saturated heterocycles. The Morgan fingerprint density at radius 2 is 2.22 bits per heavy atom. The lowest BCUT2D eigenvalue weighted by molar-refractivity contribution is -0.149. The third kappa shape index (κ3) is 3.97. The predicted octanol–water partition coefficient (Wildman–Crippen LogP) is 2.00. The summed E-state index contributed by atoms with van der Waals surface area (Å²) in [4.78, 5) is 28.1. The number of amides is 2. The van der Waals surface area contributed by atoms with Gasteiger partial charge in [-0.15, -0.1) is 0 Å². The lowest BCUT2D eigenvalue weighted by atomic mass is 9.81. The fourth-order valence-corrected chi connectivity index (χ4v) is 4.13. The average Bonchev–Trinajstić information content (AvgIpc) is 3.02. The highest BCUT2D eigenvalue weighted by Crippen LogP contribution is 2.48. The van der Waals surface area contributed by atoms with Crippen molar-refractivity contribution in [3.8, 4) is 0 Å². The van der Waals surface area contributed by atoms with E-state index in [1.807, 2.05) is 6.92 Å². The summed E-state index contributed by atoms with van der Waals surface area (Å²) in [6.45, 7) is 6.96. The molecule has 2 amide bonds. The topological polar surface area (TPSA) is 72.9 Å². The maximum Gasteiger partial charge on any atom is 0.317 e. The molecule has 2 aliphatic rings. The van der Waals surface area contributed by atoms with Gasteiger partial charge in [-0.05, 0) is 45.7 Å². The minimum Gasteiger partial charge on any atom is -0.481 e. The molecule has 0 unspecified atom stereocenters. The number of likely N-dealkylation sites (N-methyl/N-ethyl adjacent to an activating group) is 1. The van der Waals surface area contributed by atoms with Gasteiger partial charge in [0.2, 0.25) is 0 Å². The van der Waals surface area contributed by atoms with Gasteiger partial charge in [-0.25, -0.2) is 4.79 Å². The van der Waals surface area contributed by atoms with Gasteiger partial charge in [0.1, 0.15) is 0 Å². The van der Waals surface area contributed by atoms with Crippen molar-refractivity contribution < 1.29 is 14.7 Å². The van der Waals surface area contributed by atoms with E-state index in [1.165, 1.54) is 0 Å². The van der Waals surface area contributed by atoms with E-state index in [2.05, 4.69) is 24.2 Å². The van der Waals surface area contributed by atoms with Gasteiger partial charge in [-0.2, -0.15) is 0 Å². The number of urea groups is 1. The third-order valence-electron chi connectivity index (χ3n) is 5.43. The van der Waals surface area contributed by atoms with Gasteiger partial charge in [0.25, 0.3) is 0 Å². The van der Waals surface area contributed by atoms with Crippen LogP contribution >= 0.6 is 0 Å². The van der Waals surface area contributed by atoms with Gasteiger partial charge >= 0.3 is 12.0 Å². The quantitative estimate of drug-likeness (QED) is 0.751. The first-order valence-corrected chi connectivity index (χ1v) is 8.86. The van der Waals surface area contributed by atoms with Gasteiger partial charge in [-0.3, -0.25) is 4.79 Å². The molecule has 1 saturated carbocycles. The summed E-state index contributed by atoms with van der Waals surface area (Å²) in [6.07, 6.45) is 4.91. The molecule has 0 aromatic heterocycles. The summed E-state index contributed by atoms with van der Waals surface area (Å²) in [5, 5.41) is 12.6. The van der Waals surface area contributed by atoms with Crippen molar-refractivity contribution in [1.82, 2.24) is 15.1 Å². The standard InChI is InChI=1S/C17H31N3O3/c1-4-5-9-19(3)10-13(2)18-16(23)20-11-14-7-6-8-17(14,12-20)15(21)22/h13-14H,4-12H2,1-3H3,(H,18,23)(H,21,22)/t13-,14+,17-/m1/s1. The molecular formula is C17H31N3O3. The fraction of sp³-hybridized carbons (Fsp3) is 0.882. The Balaban J connectivity index is 1.84. The van der Waals surface area contributed by atoms with Crippen LogP contribution in [-0.4, -0.2) is 66.2 Å². The zero-order chi connectivity index (χ0) is 17.0. The third-order valence-corrected chi connectivity index (χ3v) is 5.43. The summed E-state index contributed by atoms with van der Waals surface area (Å²) < 4.78 is 0. The van der Waals surface area contributed by atoms with Crippen LogP contribution in [0.2, 0.25) is 0 Å². The van der Waals surface area contributed by atoms with Crippen LogP contribution in [-0.2, 0) is 4.79 Å². The minimum atomic E-state index is -0.734. The number of hydrogen-bond donors (Lipinski definition) is 2. The van der Waals surface area contributed by atoms with Crippen molar-refractivity contribution >= 4 is 12.0 Å². The normalized spacial score (nSPS) is 28.0. The molecule has 0 bridgehead atoms. The predicted molar refractivity (Wildman–Crippen MR) is 89.4 cm³/mol. The van der Waals surface area contributed by atoms with Crippen LogP contribution in [0.5, 0.6) is 0 Å². The molecule has 6 nitrogen and oxygen atoms in total. The first-order chi connectivity index (χ1) is 10.9. The van der Waals surface area contributed by atoms with Crippen LogP contribution in [0.3, 0.4) is 0 Å². The SMILES string of the molecule is CCCCN(C)C[C@@H](C)NC(=O)N1C[C@@H]2CCC[C@@]2(C(=O)O)C1. The van der Waals surface area contributed by atoms with Crippen molar-refractivity contribution in [1.29, 1.82) is 0 Å². The Morgan fingerprint density at radius 3 is 2.83 bits per heavy atom. The van der Waals surface area contributed by atoms with Crippen molar-refractivity contribution in [2.24, 2.45) is 11.3 Å². The number of fused-ring (bicyclic) bond motifs is 1. The fourth-order valence-electron chi connectivity index (χ4n) is 4.13. The largest absolute Gasteiger partial charge is 0.481 e. The second kappa shape index (κ2) is 7.51. The Bertz CT molecular complexity index is 443. The Morgan fingerprint density at radius 1 is 1.48 bits per heavy atom. The van der Waals surface area contributed by atoms with E-state index >= 15 is 0 Å². The Labute approximate surface area is 139 Å². The number of aliphatic carboxylic acids is 1. The molecule has 0 spiro atoms. The molecule has 1 heterocycles. The van der Waals surface area contributed by atoms with Gasteiger partial charge in [-0.1, -0.05) is 19.8 Å². The van der Waals surface area contributed by atoms with Crippen molar-refractivity contribution in [2.45, 2.75) is 52.0 Å². The average molecular weight is 325 g/mol. The monoisotopic (exact) mass is 325 g/mol. The summed E-state index contributed by atoms with van der Waals surface area (Å²) in [5.74, 6) is -0.615.